The van der Waals surface area contributed by atoms with Gasteiger partial charge in [0.2, 0.25) is 0 Å². The van der Waals surface area contributed by atoms with Gasteiger partial charge in [0.1, 0.15) is 11.5 Å². The van der Waals surface area contributed by atoms with Gasteiger partial charge in [-0.1, -0.05) is 6.07 Å². The van der Waals surface area contributed by atoms with Gasteiger partial charge in [0.15, 0.2) is 11.5 Å². The van der Waals surface area contributed by atoms with Gasteiger partial charge in [0.05, 0.1) is 11.4 Å². The van der Waals surface area contributed by atoms with E-state index < -0.39 is 0 Å². The average molecular weight is 227 g/mol. The molecule has 0 aliphatic heterocycles. The third-order valence-corrected chi connectivity index (χ3v) is 2.07. The van der Waals surface area contributed by atoms with Crippen molar-refractivity contribution in [3.05, 3.63) is 23.8 Å². The average Bonchev–Trinajstić information content (AvgIpc) is 2.20. The predicted octanol–water partition coefficient (Wildman–Crippen LogP) is 1.82. The summed E-state index contributed by atoms with van der Waals surface area (Å²) < 4.78 is 0. The first kappa shape index (κ1) is 11.5. The molecule has 0 aliphatic carbocycles. The van der Waals surface area contributed by atoms with Gasteiger partial charge in [-0.15, -0.1) is 11.6 Å². The van der Waals surface area contributed by atoms with Crippen molar-refractivity contribution < 1.29 is 9.90 Å². The molecule has 0 heterocycles. The molecule has 4 nitrogen and oxygen atoms in total. The number of halogens is 1. The molecule has 1 rings (SSSR count). The van der Waals surface area contributed by atoms with Crippen molar-refractivity contribution in [3.63, 3.8) is 0 Å². The summed E-state index contributed by atoms with van der Waals surface area (Å²) >= 11 is 5.45. The second-order valence-corrected chi connectivity index (χ2v) is 3.23. The molecule has 15 heavy (non-hydrogen) atoms. The number of rotatable bonds is 3. The molecule has 1 aromatic rings. The van der Waals surface area contributed by atoms with Gasteiger partial charge >= 0.3 is 0 Å². The number of aromatic hydroxyl groups is 1. The molecule has 0 aromatic heterocycles. The first-order valence-corrected chi connectivity index (χ1v) is 4.81. The van der Waals surface area contributed by atoms with Crippen LogP contribution < -0.4 is 5.73 Å². The van der Waals surface area contributed by atoms with Crippen LogP contribution in [0.5, 0.6) is 5.75 Å². The molecule has 0 amide bonds. The number of amidine groups is 1. The zero-order chi connectivity index (χ0) is 11.4. The van der Waals surface area contributed by atoms with Crippen molar-refractivity contribution in [1.82, 2.24) is 0 Å². The van der Waals surface area contributed by atoms with Gasteiger partial charge in [-0.3, -0.25) is 4.79 Å². The van der Waals surface area contributed by atoms with E-state index in [1.165, 1.54) is 13.0 Å². The first-order valence-electron chi connectivity index (χ1n) is 4.28. The summed E-state index contributed by atoms with van der Waals surface area (Å²) in [6.07, 6.45) is 0. The molecule has 0 radical (unpaired) electrons. The number of hydrogen-bond donors (Lipinski definition) is 2. The molecular formula is C10H11ClN2O2. The number of phenolic OH excluding ortho intramolecular Hbond substituents is 1. The van der Waals surface area contributed by atoms with Crippen LogP contribution in [0.3, 0.4) is 0 Å². The fourth-order valence-corrected chi connectivity index (χ4v) is 1.15. The maximum Gasteiger partial charge on any atom is 0.163 e. The molecule has 80 valence electrons. The van der Waals surface area contributed by atoms with E-state index in [1.807, 2.05) is 0 Å². The Labute approximate surface area is 92.4 Å². The number of benzene rings is 1. The second-order valence-electron chi connectivity index (χ2n) is 2.97. The van der Waals surface area contributed by atoms with Gasteiger partial charge in [-0.2, -0.15) is 0 Å². The molecule has 5 heteroatoms. The lowest BCUT2D eigenvalue weighted by atomic mass is 10.1. The molecule has 0 saturated heterocycles. The Morgan fingerprint density at radius 2 is 2.27 bits per heavy atom. The van der Waals surface area contributed by atoms with E-state index in [-0.39, 0.29) is 34.5 Å². The monoisotopic (exact) mass is 226 g/mol. The number of Topliss-reactive ketones (excluding diaryl/α,β-unsaturated/α-hetero) is 1. The highest BCUT2D eigenvalue weighted by Gasteiger charge is 2.09. The quantitative estimate of drug-likeness (QED) is 0.357. The fourth-order valence-electron chi connectivity index (χ4n) is 1.09. The summed E-state index contributed by atoms with van der Waals surface area (Å²) in [5, 5.41) is 9.68. The smallest absolute Gasteiger partial charge is 0.163 e. The lowest BCUT2D eigenvalue weighted by Crippen LogP contribution is -2.12. The number of aliphatic imine (C=N–C) groups is 1. The summed E-state index contributed by atoms with van der Waals surface area (Å²) in [7, 11) is 0. The standard InChI is InChI=1S/C10H11ClN2O2/c1-6(14)7-3-2-4-8(10(7)15)13-9(12)5-11/h2-4,15H,5H2,1H3,(H2,12,13). The normalized spacial score (nSPS) is 11.5. The van der Waals surface area contributed by atoms with E-state index in [0.29, 0.717) is 0 Å². The molecule has 0 saturated carbocycles. The Kier molecular flexibility index (Phi) is 3.68. The fraction of sp³-hybridized carbons (Fsp3) is 0.200. The Balaban J connectivity index is 3.21. The Morgan fingerprint density at radius 1 is 1.60 bits per heavy atom. The van der Waals surface area contributed by atoms with Crippen molar-refractivity contribution in [2.45, 2.75) is 6.92 Å². The first-order chi connectivity index (χ1) is 7.06. The lowest BCUT2D eigenvalue weighted by Gasteiger charge is -2.04. The molecular weight excluding hydrogens is 216 g/mol. The van der Waals surface area contributed by atoms with Gasteiger partial charge in [-0.25, -0.2) is 4.99 Å². The van der Waals surface area contributed by atoms with Crippen molar-refractivity contribution >= 4 is 28.9 Å². The number of alkyl halides is 1. The van der Waals surface area contributed by atoms with Crippen LogP contribution in [-0.4, -0.2) is 22.6 Å². The largest absolute Gasteiger partial charge is 0.505 e. The Bertz CT molecular complexity index is 416. The summed E-state index contributed by atoms with van der Waals surface area (Å²) in [6.45, 7) is 1.37. The molecule has 0 atom stereocenters. The summed E-state index contributed by atoms with van der Waals surface area (Å²) in [5.41, 5.74) is 5.89. The summed E-state index contributed by atoms with van der Waals surface area (Å²) in [4.78, 5) is 15.0. The van der Waals surface area contributed by atoms with E-state index in [1.54, 1.807) is 12.1 Å². The van der Waals surface area contributed by atoms with Crippen molar-refractivity contribution in [1.29, 1.82) is 0 Å². The number of ketones is 1. The molecule has 1 aromatic carbocycles. The zero-order valence-corrected chi connectivity index (χ0v) is 8.95. The van der Waals surface area contributed by atoms with E-state index in [4.69, 9.17) is 17.3 Å². The van der Waals surface area contributed by atoms with Crippen LogP contribution in [0.2, 0.25) is 0 Å². The molecule has 0 fully saturated rings. The minimum Gasteiger partial charge on any atom is -0.505 e. The predicted molar refractivity (Wildman–Crippen MR) is 60.1 cm³/mol. The number of carbonyl (C=O) groups is 1. The van der Waals surface area contributed by atoms with Gasteiger partial charge in [-0.05, 0) is 19.1 Å². The zero-order valence-electron chi connectivity index (χ0n) is 8.20. The lowest BCUT2D eigenvalue weighted by molar-refractivity contribution is 0.101. The second kappa shape index (κ2) is 4.79. The molecule has 0 bridgehead atoms. The molecule has 0 unspecified atom stereocenters. The minimum atomic E-state index is -0.228. The highest BCUT2D eigenvalue weighted by atomic mass is 35.5. The van der Waals surface area contributed by atoms with E-state index in [9.17, 15) is 9.90 Å². The van der Waals surface area contributed by atoms with Gasteiger partial charge in [0, 0.05) is 0 Å². The highest BCUT2D eigenvalue weighted by molar-refractivity contribution is 6.28. The maximum absolute atomic E-state index is 11.1. The molecule has 3 N–H and O–H groups in total. The van der Waals surface area contributed by atoms with Crippen LogP contribution in [0.25, 0.3) is 0 Å². The number of nitrogens with zero attached hydrogens (tertiary/aromatic N) is 1. The van der Waals surface area contributed by atoms with Gasteiger partial charge < -0.3 is 10.8 Å². The number of phenols is 1. The third kappa shape index (κ3) is 2.70. The van der Waals surface area contributed by atoms with Crippen molar-refractivity contribution in [2.24, 2.45) is 10.7 Å². The van der Waals surface area contributed by atoms with Crippen molar-refractivity contribution in [2.75, 3.05) is 5.88 Å². The van der Waals surface area contributed by atoms with Crippen LogP contribution in [0.4, 0.5) is 5.69 Å². The summed E-state index contributed by atoms with van der Waals surface area (Å²) in [6, 6.07) is 4.70. The number of carbonyl (C=O) groups excluding carboxylic acids is 1. The molecule has 0 aliphatic rings. The Hall–Kier alpha value is -1.55. The van der Waals surface area contributed by atoms with E-state index in [2.05, 4.69) is 4.99 Å². The number of nitrogens with two attached hydrogens (primary N) is 1. The van der Waals surface area contributed by atoms with E-state index in [0.717, 1.165) is 0 Å². The minimum absolute atomic E-state index is 0.0732. The van der Waals surface area contributed by atoms with Crippen LogP contribution >= 0.6 is 11.6 Å². The topological polar surface area (TPSA) is 75.7 Å². The highest BCUT2D eigenvalue weighted by Crippen LogP contribution is 2.30. The SMILES string of the molecule is CC(=O)c1cccc(N=C(N)CCl)c1O. The van der Waals surface area contributed by atoms with Crippen LogP contribution in [0.15, 0.2) is 23.2 Å². The molecule has 0 spiro atoms. The van der Waals surface area contributed by atoms with Gasteiger partial charge in [0.25, 0.3) is 0 Å². The van der Waals surface area contributed by atoms with E-state index >= 15 is 0 Å². The number of hydrogen-bond acceptors (Lipinski definition) is 3. The number of para-hydroxylation sites is 1. The Morgan fingerprint density at radius 3 is 2.80 bits per heavy atom. The van der Waals surface area contributed by atoms with Crippen molar-refractivity contribution in [3.8, 4) is 5.75 Å². The summed E-state index contributed by atoms with van der Waals surface area (Å²) in [5.74, 6) is -0.135. The van der Waals surface area contributed by atoms with Crippen LogP contribution in [-0.2, 0) is 0 Å². The third-order valence-electron chi connectivity index (χ3n) is 1.79. The van der Waals surface area contributed by atoms with Crippen LogP contribution in [0, 0.1) is 0 Å². The maximum atomic E-state index is 11.1. The van der Waals surface area contributed by atoms with Crippen LogP contribution in [0.1, 0.15) is 17.3 Å².